The average molecular weight is 304 g/mol. The summed E-state index contributed by atoms with van der Waals surface area (Å²) < 4.78 is 0. The molecule has 0 aliphatic carbocycles. The fourth-order valence-corrected chi connectivity index (χ4v) is 2.28. The van der Waals surface area contributed by atoms with Gasteiger partial charge in [0.2, 0.25) is 0 Å². The van der Waals surface area contributed by atoms with Gasteiger partial charge in [-0.25, -0.2) is 9.97 Å². The molecule has 0 saturated heterocycles. The first-order chi connectivity index (χ1) is 11.1. The third-order valence-corrected chi connectivity index (χ3v) is 3.31. The third-order valence-electron chi connectivity index (χ3n) is 3.31. The summed E-state index contributed by atoms with van der Waals surface area (Å²) in [6, 6.07) is 13.0. The lowest BCUT2D eigenvalue weighted by Crippen LogP contribution is -2.15. The van der Waals surface area contributed by atoms with E-state index in [0.29, 0.717) is 11.5 Å². The zero-order valence-corrected chi connectivity index (χ0v) is 12.9. The summed E-state index contributed by atoms with van der Waals surface area (Å²) in [5.41, 5.74) is 3.82. The number of carbonyl (C=O) groups is 1. The molecular weight excluding hydrogens is 288 g/mol. The van der Waals surface area contributed by atoms with Gasteiger partial charge in [-0.15, -0.1) is 0 Å². The molecule has 1 N–H and O–H groups in total. The Morgan fingerprint density at radius 1 is 0.957 bits per heavy atom. The Hall–Kier alpha value is -3.08. The van der Waals surface area contributed by atoms with Crippen molar-refractivity contribution >= 4 is 11.7 Å². The van der Waals surface area contributed by atoms with E-state index >= 15 is 0 Å². The highest BCUT2D eigenvalue weighted by molar-refractivity contribution is 6.03. The Morgan fingerprint density at radius 2 is 1.83 bits per heavy atom. The normalized spacial score (nSPS) is 10.3. The van der Waals surface area contributed by atoms with Crippen LogP contribution < -0.4 is 5.32 Å². The van der Waals surface area contributed by atoms with Crippen LogP contribution >= 0.6 is 0 Å². The van der Waals surface area contributed by atoms with Crippen molar-refractivity contribution in [2.45, 2.75) is 13.8 Å². The van der Waals surface area contributed by atoms with Crippen LogP contribution in [0.25, 0.3) is 11.1 Å². The van der Waals surface area contributed by atoms with Crippen LogP contribution in [0.4, 0.5) is 5.82 Å². The van der Waals surface area contributed by atoms with Crippen molar-refractivity contribution < 1.29 is 4.79 Å². The number of pyridine rings is 3. The number of aryl methyl sites for hydroxylation is 2. The highest BCUT2D eigenvalue weighted by Gasteiger charge is 2.11. The molecule has 114 valence electrons. The van der Waals surface area contributed by atoms with Gasteiger partial charge in [-0.3, -0.25) is 9.78 Å². The lowest BCUT2D eigenvalue weighted by molar-refractivity contribution is 0.102. The summed E-state index contributed by atoms with van der Waals surface area (Å²) >= 11 is 0. The summed E-state index contributed by atoms with van der Waals surface area (Å²) in [5.74, 6) is 0.234. The van der Waals surface area contributed by atoms with E-state index in [1.165, 1.54) is 0 Å². The van der Waals surface area contributed by atoms with Gasteiger partial charge in [-0.1, -0.05) is 12.1 Å². The number of aromatic nitrogens is 3. The zero-order chi connectivity index (χ0) is 16.2. The predicted octanol–water partition coefficient (Wildman–Crippen LogP) is 3.41. The van der Waals surface area contributed by atoms with Crippen LogP contribution in [-0.4, -0.2) is 20.9 Å². The van der Waals surface area contributed by atoms with Gasteiger partial charge in [0.25, 0.3) is 5.91 Å². The maximum atomic E-state index is 12.4. The van der Waals surface area contributed by atoms with Gasteiger partial charge in [0.15, 0.2) is 0 Å². The molecule has 0 aliphatic rings. The summed E-state index contributed by atoms with van der Waals surface area (Å²) in [6.45, 7) is 3.74. The second-order valence-electron chi connectivity index (χ2n) is 5.24. The summed E-state index contributed by atoms with van der Waals surface area (Å²) in [5, 5.41) is 2.78. The Morgan fingerprint density at radius 3 is 2.57 bits per heavy atom. The number of carbonyl (C=O) groups excluding carboxylic acids is 1. The van der Waals surface area contributed by atoms with Gasteiger partial charge in [0, 0.05) is 29.3 Å². The molecule has 0 aromatic carbocycles. The fourth-order valence-electron chi connectivity index (χ4n) is 2.28. The highest BCUT2D eigenvalue weighted by atomic mass is 16.1. The minimum atomic E-state index is -0.281. The lowest BCUT2D eigenvalue weighted by atomic mass is 10.1. The number of anilines is 1. The minimum Gasteiger partial charge on any atom is -0.305 e. The molecule has 3 aromatic rings. The molecule has 0 unspecified atom stereocenters. The van der Waals surface area contributed by atoms with Gasteiger partial charge < -0.3 is 5.32 Å². The van der Waals surface area contributed by atoms with E-state index in [-0.39, 0.29) is 5.91 Å². The first-order valence-electron chi connectivity index (χ1n) is 7.26. The molecule has 3 rings (SSSR count). The Kier molecular flexibility index (Phi) is 4.10. The number of amides is 1. The molecule has 0 bridgehead atoms. The molecule has 0 atom stereocenters. The van der Waals surface area contributed by atoms with Crippen molar-refractivity contribution in [3.63, 3.8) is 0 Å². The molecule has 0 spiro atoms. The van der Waals surface area contributed by atoms with Gasteiger partial charge in [0.1, 0.15) is 11.5 Å². The Balaban J connectivity index is 1.90. The molecule has 0 radical (unpaired) electrons. The van der Waals surface area contributed by atoms with E-state index in [4.69, 9.17) is 0 Å². The zero-order valence-electron chi connectivity index (χ0n) is 12.9. The number of hydrogen-bond donors (Lipinski definition) is 1. The molecular formula is C18H16N4O. The van der Waals surface area contributed by atoms with Crippen molar-refractivity contribution in [3.8, 4) is 11.1 Å². The van der Waals surface area contributed by atoms with E-state index in [0.717, 1.165) is 22.5 Å². The van der Waals surface area contributed by atoms with E-state index in [1.54, 1.807) is 24.5 Å². The van der Waals surface area contributed by atoms with Crippen LogP contribution in [0.15, 0.2) is 54.9 Å². The lowest BCUT2D eigenvalue weighted by Gasteiger charge is -2.08. The number of hydrogen-bond acceptors (Lipinski definition) is 4. The van der Waals surface area contributed by atoms with Crippen molar-refractivity contribution in [1.82, 2.24) is 15.0 Å². The molecule has 3 heterocycles. The molecule has 3 aromatic heterocycles. The molecule has 1 amide bonds. The van der Waals surface area contributed by atoms with E-state index in [1.807, 2.05) is 44.2 Å². The van der Waals surface area contributed by atoms with Crippen LogP contribution in [0.3, 0.4) is 0 Å². The first kappa shape index (κ1) is 14.8. The first-order valence-corrected chi connectivity index (χ1v) is 7.26. The Labute approximate surface area is 134 Å². The summed E-state index contributed by atoms with van der Waals surface area (Å²) in [7, 11) is 0. The van der Waals surface area contributed by atoms with Crippen LogP contribution in [0.1, 0.15) is 21.9 Å². The molecule has 5 nitrogen and oxygen atoms in total. The maximum absolute atomic E-state index is 12.4. The minimum absolute atomic E-state index is 0.281. The van der Waals surface area contributed by atoms with E-state index in [2.05, 4.69) is 20.3 Å². The van der Waals surface area contributed by atoms with Crippen molar-refractivity contribution in [1.29, 1.82) is 0 Å². The monoisotopic (exact) mass is 304 g/mol. The van der Waals surface area contributed by atoms with Gasteiger partial charge in [0.05, 0.1) is 0 Å². The van der Waals surface area contributed by atoms with E-state index in [9.17, 15) is 4.79 Å². The maximum Gasteiger partial charge on any atom is 0.275 e. The van der Waals surface area contributed by atoms with Crippen LogP contribution in [0.2, 0.25) is 0 Å². The number of nitrogens with zero attached hydrogens (tertiary/aromatic N) is 3. The summed E-state index contributed by atoms with van der Waals surface area (Å²) in [4.78, 5) is 25.1. The topological polar surface area (TPSA) is 67.8 Å². The Bertz CT molecular complexity index is 847. The molecule has 5 heteroatoms. The van der Waals surface area contributed by atoms with Crippen LogP contribution in [-0.2, 0) is 0 Å². The quantitative estimate of drug-likeness (QED) is 0.805. The fraction of sp³-hybridized carbons (Fsp3) is 0.111. The second kappa shape index (κ2) is 6.36. The van der Waals surface area contributed by atoms with Crippen molar-refractivity contribution in [3.05, 3.63) is 71.9 Å². The largest absolute Gasteiger partial charge is 0.305 e. The van der Waals surface area contributed by atoms with Crippen LogP contribution in [0, 0.1) is 13.8 Å². The highest BCUT2D eigenvalue weighted by Crippen LogP contribution is 2.20. The second-order valence-corrected chi connectivity index (χ2v) is 5.24. The van der Waals surface area contributed by atoms with Crippen molar-refractivity contribution in [2.75, 3.05) is 5.32 Å². The van der Waals surface area contributed by atoms with Crippen LogP contribution in [0.5, 0.6) is 0 Å². The van der Waals surface area contributed by atoms with Crippen molar-refractivity contribution in [2.24, 2.45) is 0 Å². The molecule has 0 aliphatic heterocycles. The molecule has 0 saturated carbocycles. The molecule has 23 heavy (non-hydrogen) atoms. The SMILES string of the molecule is Cc1cccc(NC(=O)c2cc(-c3cccnc3)cc(C)n2)n1. The van der Waals surface area contributed by atoms with E-state index < -0.39 is 0 Å². The standard InChI is InChI=1S/C18H16N4O/c1-12-5-3-7-17(21-12)22-18(23)16-10-15(9-13(2)20-16)14-6-4-8-19-11-14/h3-11H,1-2H3,(H,21,22,23). The van der Waals surface area contributed by atoms with Gasteiger partial charge >= 0.3 is 0 Å². The van der Waals surface area contributed by atoms with Gasteiger partial charge in [-0.2, -0.15) is 0 Å². The van der Waals surface area contributed by atoms with Gasteiger partial charge in [-0.05, 0) is 49.7 Å². The average Bonchev–Trinajstić information content (AvgIpc) is 2.55. The third kappa shape index (κ3) is 3.58. The smallest absolute Gasteiger partial charge is 0.275 e. The number of nitrogens with one attached hydrogen (secondary N) is 1. The molecule has 0 fully saturated rings. The summed E-state index contributed by atoms with van der Waals surface area (Å²) in [6.07, 6.45) is 3.48. The predicted molar refractivity (Wildman–Crippen MR) is 89.1 cm³/mol. The number of rotatable bonds is 3.